The average Bonchev–Trinajstić information content (AvgIpc) is 3.25. The Morgan fingerprint density at radius 2 is 1.73 bits per heavy atom. The standard InChI is InChI=1S/C27H30O14/c1-37-12-4-2-11(3-5-12)15-6-13(29)18-16(40-15)7-14(30)19(21(18)32)24-23(34)22(33)20(31)17(41-24)8-38-26-25(35)27(36,9-28)10-39-26/h2-7,17,20,22-26,28,30-36H,8-10H2,1H3/t17?,20-,22+,23?,24+,25-,26-,27?/m1/s1. The summed E-state index contributed by atoms with van der Waals surface area (Å²) in [6.07, 6.45) is -11.6. The summed E-state index contributed by atoms with van der Waals surface area (Å²) in [7, 11) is 1.50. The summed E-state index contributed by atoms with van der Waals surface area (Å²) < 4.78 is 27.1. The minimum atomic E-state index is -1.97. The van der Waals surface area contributed by atoms with Crippen molar-refractivity contribution in [2.75, 3.05) is 26.9 Å². The largest absolute Gasteiger partial charge is 0.507 e. The topological polar surface area (TPSA) is 229 Å². The van der Waals surface area contributed by atoms with Crippen molar-refractivity contribution in [2.24, 2.45) is 0 Å². The van der Waals surface area contributed by atoms with Gasteiger partial charge in [-0.2, -0.15) is 0 Å². The number of hydrogen-bond donors (Lipinski definition) is 8. The zero-order chi connectivity index (χ0) is 29.6. The number of rotatable bonds is 7. The summed E-state index contributed by atoms with van der Waals surface area (Å²) in [6.45, 7) is -1.79. The number of benzene rings is 2. The molecule has 222 valence electrons. The molecule has 0 amide bonds. The first-order chi connectivity index (χ1) is 19.5. The maximum atomic E-state index is 13.1. The van der Waals surface area contributed by atoms with Crippen molar-refractivity contribution < 1.29 is 64.2 Å². The third-order valence-electron chi connectivity index (χ3n) is 7.39. The number of aliphatic hydroxyl groups is 6. The molecule has 2 aromatic carbocycles. The fraction of sp³-hybridized carbons (Fsp3) is 0.444. The zero-order valence-corrected chi connectivity index (χ0v) is 21.7. The number of phenolic OH excluding ortho intramolecular Hbond substituents is 2. The number of phenols is 2. The monoisotopic (exact) mass is 578 g/mol. The van der Waals surface area contributed by atoms with Crippen LogP contribution in [0.4, 0.5) is 0 Å². The molecule has 2 saturated heterocycles. The molecule has 3 unspecified atom stereocenters. The lowest BCUT2D eigenvalue weighted by atomic mass is 9.89. The Hall–Kier alpha value is -3.31. The molecule has 41 heavy (non-hydrogen) atoms. The van der Waals surface area contributed by atoms with Gasteiger partial charge in [0, 0.05) is 17.7 Å². The quantitative estimate of drug-likeness (QED) is 0.166. The minimum absolute atomic E-state index is 0.144. The summed E-state index contributed by atoms with van der Waals surface area (Å²) in [5.41, 5.74) is -2.74. The molecule has 0 bridgehead atoms. The van der Waals surface area contributed by atoms with Crippen LogP contribution < -0.4 is 10.2 Å². The number of ether oxygens (including phenoxy) is 4. The van der Waals surface area contributed by atoms with Crippen LogP contribution in [-0.2, 0) is 14.2 Å². The van der Waals surface area contributed by atoms with Gasteiger partial charge in [0.1, 0.15) is 76.2 Å². The van der Waals surface area contributed by atoms with Crippen LogP contribution in [0.2, 0.25) is 0 Å². The maximum absolute atomic E-state index is 13.1. The number of methoxy groups -OCH3 is 1. The van der Waals surface area contributed by atoms with Crippen LogP contribution in [0.1, 0.15) is 11.7 Å². The molecule has 14 nitrogen and oxygen atoms in total. The van der Waals surface area contributed by atoms with Crippen molar-refractivity contribution in [3.8, 4) is 28.6 Å². The van der Waals surface area contributed by atoms with E-state index < -0.39 is 90.8 Å². The SMILES string of the molecule is COc1ccc(-c2cc(=O)c3c(O)c([C@@H]4OC(CO[C@@H]5OCC(O)(CO)[C@@H]5O)[C@@H](O)[C@H](O)C4O)c(O)cc3o2)cc1. The van der Waals surface area contributed by atoms with Gasteiger partial charge in [0.25, 0.3) is 0 Å². The molecule has 1 aromatic heterocycles. The predicted octanol–water partition coefficient (Wildman–Crippen LogP) is -1.14. The molecular formula is C27H30O14. The van der Waals surface area contributed by atoms with E-state index in [0.29, 0.717) is 11.3 Å². The van der Waals surface area contributed by atoms with Crippen LogP contribution in [0, 0.1) is 0 Å². The van der Waals surface area contributed by atoms with E-state index in [-0.39, 0.29) is 16.7 Å². The van der Waals surface area contributed by atoms with Crippen LogP contribution in [0.15, 0.2) is 45.6 Å². The number of aromatic hydroxyl groups is 2. The molecule has 0 radical (unpaired) electrons. The molecular weight excluding hydrogens is 548 g/mol. The van der Waals surface area contributed by atoms with Crippen molar-refractivity contribution in [1.29, 1.82) is 0 Å². The molecule has 2 aliphatic rings. The summed E-state index contributed by atoms with van der Waals surface area (Å²) in [6, 6.07) is 8.81. The van der Waals surface area contributed by atoms with Gasteiger partial charge in [0.2, 0.25) is 0 Å². The van der Waals surface area contributed by atoms with Crippen molar-refractivity contribution in [3.05, 3.63) is 52.2 Å². The van der Waals surface area contributed by atoms with Gasteiger partial charge in [0.05, 0.1) is 32.5 Å². The molecule has 8 N–H and O–H groups in total. The summed E-state index contributed by atoms with van der Waals surface area (Å²) in [5, 5.41) is 82.8. The van der Waals surface area contributed by atoms with E-state index >= 15 is 0 Å². The highest BCUT2D eigenvalue weighted by atomic mass is 16.7. The highest BCUT2D eigenvalue weighted by molar-refractivity contribution is 5.88. The van der Waals surface area contributed by atoms with Gasteiger partial charge in [-0.15, -0.1) is 0 Å². The fourth-order valence-electron chi connectivity index (χ4n) is 4.93. The van der Waals surface area contributed by atoms with E-state index in [1.165, 1.54) is 7.11 Å². The maximum Gasteiger partial charge on any atom is 0.197 e. The molecule has 0 aliphatic carbocycles. The Morgan fingerprint density at radius 1 is 1.02 bits per heavy atom. The summed E-state index contributed by atoms with van der Waals surface area (Å²) in [4.78, 5) is 13.1. The van der Waals surface area contributed by atoms with Crippen LogP contribution >= 0.6 is 0 Å². The highest BCUT2D eigenvalue weighted by Crippen LogP contribution is 2.45. The zero-order valence-electron chi connectivity index (χ0n) is 21.7. The lowest BCUT2D eigenvalue weighted by Gasteiger charge is -2.41. The fourth-order valence-corrected chi connectivity index (χ4v) is 4.93. The van der Waals surface area contributed by atoms with E-state index in [2.05, 4.69) is 0 Å². The lowest BCUT2D eigenvalue weighted by Crippen LogP contribution is -2.56. The van der Waals surface area contributed by atoms with Gasteiger partial charge < -0.3 is 64.2 Å². The van der Waals surface area contributed by atoms with Gasteiger partial charge >= 0.3 is 0 Å². The first-order valence-corrected chi connectivity index (χ1v) is 12.6. The second-order valence-electron chi connectivity index (χ2n) is 10.0. The first kappa shape index (κ1) is 29.2. The minimum Gasteiger partial charge on any atom is -0.507 e. The Bertz CT molecular complexity index is 1460. The van der Waals surface area contributed by atoms with Crippen LogP contribution in [0.5, 0.6) is 17.2 Å². The number of fused-ring (bicyclic) bond motifs is 1. The van der Waals surface area contributed by atoms with Crippen LogP contribution in [0.3, 0.4) is 0 Å². The van der Waals surface area contributed by atoms with Gasteiger partial charge in [-0.3, -0.25) is 4.79 Å². The third kappa shape index (κ3) is 5.14. The van der Waals surface area contributed by atoms with Crippen molar-refractivity contribution in [3.63, 3.8) is 0 Å². The normalized spacial score (nSPS) is 31.9. The first-order valence-electron chi connectivity index (χ1n) is 12.6. The van der Waals surface area contributed by atoms with E-state index in [1.807, 2.05) is 0 Å². The third-order valence-corrected chi connectivity index (χ3v) is 7.39. The Kier molecular flexibility index (Phi) is 7.95. The second kappa shape index (κ2) is 11.2. The molecule has 2 fully saturated rings. The number of hydrogen-bond acceptors (Lipinski definition) is 14. The molecule has 2 aliphatic heterocycles. The molecule has 8 atom stereocenters. The van der Waals surface area contributed by atoms with Gasteiger partial charge in [-0.25, -0.2) is 0 Å². The van der Waals surface area contributed by atoms with E-state index in [1.54, 1.807) is 24.3 Å². The van der Waals surface area contributed by atoms with Crippen molar-refractivity contribution in [1.82, 2.24) is 0 Å². The Balaban J connectivity index is 1.44. The smallest absolute Gasteiger partial charge is 0.197 e. The molecule has 3 heterocycles. The van der Waals surface area contributed by atoms with Crippen molar-refractivity contribution in [2.45, 2.75) is 48.5 Å². The summed E-state index contributed by atoms with van der Waals surface area (Å²) >= 11 is 0. The van der Waals surface area contributed by atoms with E-state index in [0.717, 1.165) is 12.1 Å². The Labute approximate surface area is 231 Å². The second-order valence-corrected chi connectivity index (χ2v) is 10.0. The average molecular weight is 579 g/mol. The van der Waals surface area contributed by atoms with Crippen molar-refractivity contribution >= 4 is 11.0 Å². The van der Waals surface area contributed by atoms with E-state index in [4.69, 9.17) is 23.4 Å². The van der Waals surface area contributed by atoms with Gasteiger partial charge in [-0.05, 0) is 24.3 Å². The van der Waals surface area contributed by atoms with Gasteiger partial charge in [0.15, 0.2) is 11.7 Å². The molecule has 5 rings (SSSR count). The molecule has 0 saturated carbocycles. The molecule has 3 aromatic rings. The lowest BCUT2D eigenvalue weighted by molar-refractivity contribution is -0.253. The molecule has 14 heteroatoms. The predicted molar refractivity (Wildman–Crippen MR) is 137 cm³/mol. The molecule has 0 spiro atoms. The van der Waals surface area contributed by atoms with E-state index in [9.17, 15) is 45.6 Å². The van der Waals surface area contributed by atoms with Gasteiger partial charge in [-0.1, -0.05) is 0 Å². The Morgan fingerprint density at radius 3 is 2.37 bits per heavy atom. The van der Waals surface area contributed by atoms with Crippen LogP contribution in [-0.4, -0.2) is 110 Å². The van der Waals surface area contributed by atoms with Crippen LogP contribution in [0.25, 0.3) is 22.3 Å². The summed E-state index contributed by atoms with van der Waals surface area (Å²) in [5.74, 6) is -0.687. The highest BCUT2D eigenvalue weighted by Gasteiger charge is 2.50. The number of aliphatic hydroxyl groups excluding tert-OH is 5.